The number of nitrogens with zero attached hydrogens (tertiary/aromatic N) is 1. The van der Waals surface area contributed by atoms with Gasteiger partial charge in [-0.25, -0.2) is 0 Å². The molecule has 15 heavy (non-hydrogen) atoms. The first-order valence-corrected chi connectivity index (χ1v) is 5.31. The van der Waals surface area contributed by atoms with Crippen molar-refractivity contribution in [3.05, 3.63) is 0 Å². The maximum Gasteiger partial charge on any atom is 0.298 e. The molecular formula is C11H17NO3. The largest absolute Gasteiger partial charge is 0.342 e. The van der Waals surface area contributed by atoms with Crippen molar-refractivity contribution >= 4 is 5.91 Å². The number of hydrogen-bond donors (Lipinski definition) is 0. The molecule has 0 N–H and O–H groups in total. The van der Waals surface area contributed by atoms with Crippen molar-refractivity contribution in [3.8, 4) is 11.8 Å². The molecule has 1 fully saturated rings. The predicted molar refractivity (Wildman–Crippen MR) is 56.0 cm³/mol. The molecule has 4 nitrogen and oxygen atoms in total. The molecule has 1 amide bonds. The van der Waals surface area contributed by atoms with E-state index in [0.29, 0.717) is 13.2 Å². The van der Waals surface area contributed by atoms with Crippen LogP contribution < -0.4 is 0 Å². The summed E-state index contributed by atoms with van der Waals surface area (Å²) in [7, 11) is 0. The maximum absolute atomic E-state index is 11.4. The third-order valence-electron chi connectivity index (χ3n) is 2.08. The van der Waals surface area contributed by atoms with Gasteiger partial charge in [-0.1, -0.05) is 0 Å². The van der Waals surface area contributed by atoms with Gasteiger partial charge in [-0.15, -0.1) is 0 Å². The molecule has 1 saturated heterocycles. The van der Waals surface area contributed by atoms with Crippen LogP contribution in [0.1, 0.15) is 20.3 Å². The lowest BCUT2D eigenvalue weighted by Gasteiger charge is -2.28. The van der Waals surface area contributed by atoms with E-state index in [1.54, 1.807) is 4.90 Å². The van der Waals surface area contributed by atoms with Gasteiger partial charge in [-0.2, -0.15) is 0 Å². The van der Waals surface area contributed by atoms with Crippen LogP contribution in [0.5, 0.6) is 0 Å². The molecule has 0 saturated carbocycles. The zero-order chi connectivity index (χ0) is 11.1. The molecule has 0 bridgehead atoms. The molecule has 0 radical (unpaired) electrons. The van der Waals surface area contributed by atoms with Crippen LogP contribution >= 0.6 is 0 Å². The number of likely N-dealkylation sites (tertiary alicyclic amines) is 1. The van der Waals surface area contributed by atoms with Crippen molar-refractivity contribution in [3.63, 3.8) is 0 Å². The van der Waals surface area contributed by atoms with Gasteiger partial charge >= 0.3 is 0 Å². The minimum Gasteiger partial charge on any atom is -0.342 e. The number of rotatable bonds is 4. The predicted octanol–water partition coefficient (Wildman–Crippen LogP) is 0.621. The summed E-state index contributed by atoms with van der Waals surface area (Å²) in [5, 5.41) is 0. The molecule has 0 atom stereocenters. The summed E-state index contributed by atoms with van der Waals surface area (Å²) >= 11 is 0. The molecular weight excluding hydrogens is 194 g/mol. The van der Waals surface area contributed by atoms with Crippen LogP contribution in [0.15, 0.2) is 0 Å². The molecule has 1 aliphatic heterocycles. The Morgan fingerprint density at radius 3 is 2.33 bits per heavy atom. The Morgan fingerprint density at radius 2 is 1.93 bits per heavy atom. The standard InChI is InChI=1S/C11H17NO3/c1-3-14-11(15-4-2)7-6-10(13)12-8-5-9-12/h11H,3-5,8-9H2,1-2H3. The van der Waals surface area contributed by atoms with Gasteiger partial charge in [0.2, 0.25) is 6.29 Å². The zero-order valence-electron chi connectivity index (χ0n) is 9.28. The average Bonchev–Trinajstić information content (AvgIpc) is 2.12. The van der Waals surface area contributed by atoms with Crippen LogP contribution in [0.2, 0.25) is 0 Å². The van der Waals surface area contributed by atoms with E-state index >= 15 is 0 Å². The van der Waals surface area contributed by atoms with E-state index in [2.05, 4.69) is 11.8 Å². The first kappa shape index (κ1) is 12.0. The molecule has 0 aromatic rings. The van der Waals surface area contributed by atoms with Crippen molar-refractivity contribution in [2.45, 2.75) is 26.6 Å². The number of ether oxygens (including phenoxy) is 2. The summed E-state index contributed by atoms with van der Waals surface area (Å²) in [6, 6.07) is 0. The lowest BCUT2D eigenvalue weighted by atomic mass is 10.2. The summed E-state index contributed by atoms with van der Waals surface area (Å²) < 4.78 is 10.4. The average molecular weight is 211 g/mol. The summed E-state index contributed by atoms with van der Waals surface area (Å²) in [5.41, 5.74) is 0. The lowest BCUT2D eigenvalue weighted by Crippen LogP contribution is -2.41. The number of hydrogen-bond acceptors (Lipinski definition) is 3. The van der Waals surface area contributed by atoms with Crippen molar-refractivity contribution in [1.82, 2.24) is 4.90 Å². The molecule has 1 heterocycles. The summed E-state index contributed by atoms with van der Waals surface area (Å²) in [4.78, 5) is 13.1. The van der Waals surface area contributed by atoms with Gasteiger partial charge in [0.25, 0.3) is 5.91 Å². The molecule has 84 valence electrons. The van der Waals surface area contributed by atoms with E-state index in [-0.39, 0.29) is 5.91 Å². The Kier molecular flexibility index (Phi) is 5.16. The quantitative estimate of drug-likeness (QED) is 0.505. The SMILES string of the molecule is CCOC(C#CC(=O)N1CCC1)OCC. The second kappa shape index (κ2) is 6.44. The highest BCUT2D eigenvalue weighted by atomic mass is 16.7. The second-order valence-electron chi connectivity index (χ2n) is 3.16. The number of carbonyl (C=O) groups excluding carboxylic acids is 1. The van der Waals surface area contributed by atoms with Crippen LogP contribution in [0.4, 0.5) is 0 Å². The third-order valence-corrected chi connectivity index (χ3v) is 2.08. The third kappa shape index (κ3) is 3.90. The van der Waals surface area contributed by atoms with Crippen LogP contribution in [0.3, 0.4) is 0 Å². The second-order valence-corrected chi connectivity index (χ2v) is 3.16. The minimum absolute atomic E-state index is 0.134. The highest BCUT2D eigenvalue weighted by Gasteiger charge is 2.18. The van der Waals surface area contributed by atoms with E-state index in [1.807, 2.05) is 13.8 Å². The van der Waals surface area contributed by atoms with E-state index in [9.17, 15) is 4.79 Å². The molecule has 0 aliphatic carbocycles. The molecule has 0 aromatic carbocycles. The van der Waals surface area contributed by atoms with Crippen LogP contribution in [-0.4, -0.2) is 43.4 Å². The van der Waals surface area contributed by atoms with Gasteiger partial charge in [0.05, 0.1) is 0 Å². The monoisotopic (exact) mass is 211 g/mol. The maximum atomic E-state index is 11.4. The van der Waals surface area contributed by atoms with E-state index in [1.165, 1.54) is 0 Å². The van der Waals surface area contributed by atoms with Gasteiger partial charge in [0.1, 0.15) is 0 Å². The van der Waals surface area contributed by atoms with Gasteiger partial charge in [-0.3, -0.25) is 4.79 Å². The van der Waals surface area contributed by atoms with Crippen molar-refractivity contribution in [1.29, 1.82) is 0 Å². The molecule has 4 heteroatoms. The van der Waals surface area contributed by atoms with Crippen LogP contribution in [-0.2, 0) is 14.3 Å². The topological polar surface area (TPSA) is 38.8 Å². The number of carbonyl (C=O) groups is 1. The van der Waals surface area contributed by atoms with E-state index in [4.69, 9.17) is 9.47 Å². The first-order valence-electron chi connectivity index (χ1n) is 5.31. The van der Waals surface area contributed by atoms with Gasteiger partial charge in [-0.05, 0) is 26.2 Å². The smallest absolute Gasteiger partial charge is 0.298 e. The van der Waals surface area contributed by atoms with Crippen molar-refractivity contribution in [2.24, 2.45) is 0 Å². The van der Waals surface area contributed by atoms with E-state index < -0.39 is 6.29 Å². The fourth-order valence-electron chi connectivity index (χ4n) is 1.15. The Bertz CT molecular complexity index is 257. The Hall–Kier alpha value is -1.05. The van der Waals surface area contributed by atoms with Gasteiger partial charge in [0, 0.05) is 32.2 Å². The Morgan fingerprint density at radius 1 is 1.33 bits per heavy atom. The van der Waals surface area contributed by atoms with Crippen LogP contribution in [0, 0.1) is 11.8 Å². The van der Waals surface area contributed by atoms with E-state index in [0.717, 1.165) is 19.5 Å². The summed E-state index contributed by atoms with van der Waals surface area (Å²) in [5.74, 6) is 5.09. The highest BCUT2D eigenvalue weighted by molar-refractivity contribution is 5.94. The summed E-state index contributed by atoms with van der Waals surface area (Å²) in [6.07, 6.45) is 0.499. The zero-order valence-corrected chi connectivity index (χ0v) is 9.28. The van der Waals surface area contributed by atoms with Crippen molar-refractivity contribution < 1.29 is 14.3 Å². The molecule has 0 aromatic heterocycles. The molecule has 0 spiro atoms. The minimum atomic E-state index is -0.578. The first-order chi connectivity index (χ1) is 7.27. The van der Waals surface area contributed by atoms with Crippen molar-refractivity contribution in [2.75, 3.05) is 26.3 Å². The molecule has 0 unspecified atom stereocenters. The number of amides is 1. The Balaban J connectivity index is 2.40. The lowest BCUT2D eigenvalue weighted by molar-refractivity contribution is -0.128. The highest BCUT2D eigenvalue weighted by Crippen LogP contribution is 2.04. The van der Waals surface area contributed by atoms with Gasteiger partial charge < -0.3 is 14.4 Å². The molecule has 1 rings (SSSR count). The fourth-order valence-corrected chi connectivity index (χ4v) is 1.15. The Labute approximate surface area is 90.5 Å². The molecule has 1 aliphatic rings. The van der Waals surface area contributed by atoms with Crippen LogP contribution in [0.25, 0.3) is 0 Å². The van der Waals surface area contributed by atoms with Gasteiger partial charge in [0.15, 0.2) is 0 Å². The summed E-state index contributed by atoms with van der Waals surface area (Å²) in [6.45, 7) is 6.42. The fraction of sp³-hybridized carbons (Fsp3) is 0.727. The normalized spacial score (nSPS) is 14.5.